The molecule has 0 fully saturated rings. The van der Waals surface area contributed by atoms with Crippen molar-refractivity contribution in [3.8, 4) is 0 Å². The molecule has 0 unspecified atom stereocenters. The molecule has 0 aromatic heterocycles. The van der Waals surface area contributed by atoms with E-state index in [2.05, 4.69) is 38.7 Å². The van der Waals surface area contributed by atoms with Crippen LogP contribution in [0.1, 0.15) is 17.5 Å². The predicted octanol–water partition coefficient (Wildman–Crippen LogP) is 3.88. The number of halogens is 1. The normalized spacial score (nSPS) is 10.1. The molecule has 21 heavy (non-hydrogen) atoms. The van der Waals surface area contributed by atoms with Crippen LogP contribution >= 0.6 is 15.9 Å². The molecule has 0 heterocycles. The zero-order valence-electron chi connectivity index (χ0n) is 11.8. The Labute approximate surface area is 133 Å². The van der Waals surface area contributed by atoms with Gasteiger partial charge in [0, 0.05) is 17.6 Å². The largest absolute Gasteiger partial charge is 0.338 e. The van der Waals surface area contributed by atoms with Gasteiger partial charge in [0.25, 0.3) is 0 Å². The Morgan fingerprint density at radius 3 is 2.33 bits per heavy atom. The lowest BCUT2D eigenvalue weighted by molar-refractivity contribution is 0.240. The monoisotopic (exact) mass is 346 g/mol. The number of amides is 2. The maximum absolute atomic E-state index is 11.7. The minimum atomic E-state index is -0.119. The van der Waals surface area contributed by atoms with Crippen molar-refractivity contribution in [3.05, 3.63) is 70.2 Å². The Bertz CT molecular complexity index is 555. The Morgan fingerprint density at radius 1 is 0.905 bits per heavy atom. The fraction of sp³-hybridized carbons (Fsp3) is 0.235. The van der Waals surface area contributed by atoms with Crippen molar-refractivity contribution in [1.29, 1.82) is 0 Å². The lowest BCUT2D eigenvalue weighted by atomic mass is 10.1. The summed E-state index contributed by atoms with van der Waals surface area (Å²) in [4.78, 5) is 11.7. The Balaban J connectivity index is 1.60. The third-order valence-corrected chi connectivity index (χ3v) is 3.67. The molecule has 0 atom stereocenters. The third-order valence-electron chi connectivity index (χ3n) is 3.14. The molecule has 0 aliphatic heterocycles. The van der Waals surface area contributed by atoms with Gasteiger partial charge in [-0.15, -0.1) is 0 Å². The van der Waals surface area contributed by atoms with Crippen molar-refractivity contribution in [1.82, 2.24) is 10.6 Å². The second-order valence-corrected chi connectivity index (χ2v) is 5.74. The SMILES string of the molecule is O=C(NCCCc1ccccc1)NCc1ccc(Br)cc1. The van der Waals surface area contributed by atoms with Crippen LogP contribution in [0.4, 0.5) is 4.79 Å². The first-order chi connectivity index (χ1) is 10.2. The summed E-state index contributed by atoms with van der Waals surface area (Å²) >= 11 is 3.39. The first-order valence-corrected chi connectivity index (χ1v) is 7.83. The van der Waals surface area contributed by atoms with Crippen LogP contribution in [0.25, 0.3) is 0 Å². The van der Waals surface area contributed by atoms with E-state index in [0.29, 0.717) is 13.1 Å². The lowest BCUT2D eigenvalue weighted by Gasteiger charge is -2.08. The molecule has 0 saturated heterocycles. The molecule has 0 saturated carbocycles. The summed E-state index contributed by atoms with van der Waals surface area (Å²) in [5.74, 6) is 0. The second kappa shape index (κ2) is 8.47. The number of hydrogen-bond acceptors (Lipinski definition) is 1. The molecular weight excluding hydrogens is 328 g/mol. The zero-order chi connectivity index (χ0) is 14.9. The maximum Gasteiger partial charge on any atom is 0.315 e. The zero-order valence-corrected chi connectivity index (χ0v) is 13.4. The van der Waals surface area contributed by atoms with Crippen molar-refractivity contribution in [2.45, 2.75) is 19.4 Å². The Hall–Kier alpha value is -1.81. The number of urea groups is 1. The highest BCUT2D eigenvalue weighted by atomic mass is 79.9. The van der Waals surface area contributed by atoms with Crippen LogP contribution in [0.2, 0.25) is 0 Å². The van der Waals surface area contributed by atoms with E-state index in [9.17, 15) is 4.79 Å². The number of rotatable bonds is 6. The standard InChI is InChI=1S/C17H19BrN2O/c18-16-10-8-15(9-11-16)13-20-17(21)19-12-4-7-14-5-2-1-3-6-14/h1-3,5-6,8-11H,4,7,12-13H2,(H2,19,20,21). The molecule has 4 heteroatoms. The van der Waals surface area contributed by atoms with Gasteiger partial charge in [-0.3, -0.25) is 0 Å². The highest BCUT2D eigenvalue weighted by Crippen LogP contribution is 2.10. The van der Waals surface area contributed by atoms with E-state index >= 15 is 0 Å². The predicted molar refractivity (Wildman–Crippen MR) is 89.1 cm³/mol. The van der Waals surface area contributed by atoms with Gasteiger partial charge in [-0.05, 0) is 36.1 Å². The van der Waals surface area contributed by atoms with Gasteiger partial charge in [-0.25, -0.2) is 4.79 Å². The fourth-order valence-corrected chi connectivity index (χ4v) is 2.25. The van der Waals surface area contributed by atoms with Gasteiger partial charge < -0.3 is 10.6 Å². The van der Waals surface area contributed by atoms with Crippen LogP contribution in [0, 0.1) is 0 Å². The molecule has 0 aliphatic carbocycles. The fourth-order valence-electron chi connectivity index (χ4n) is 1.99. The van der Waals surface area contributed by atoms with E-state index in [-0.39, 0.29) is 6.03 Å². The van der Waals surface area contributed by atoms with Crippen molar-refractivity contribution < 1.29 is 4.79 Å². The number of benzene rings is 2. The van der Waals surface area contributed by atoms with Crippen LogP contribution < -0.4 is 10.6 Å². The number of carbonyl (C=O) groups excluding carboxylic acids is 1. The van der Waals surface area contributed by atoms with Crippen LogP contribution in [0.5, 0.6) is 0 Å². The first kappa shape index (κ1) is 15.6. The molecule has 2 rings (SSSR count). The van der Waals surface area contributed by atoms with Crippen LogP contribution in [-0.4, -0.2) is 12.6 Å². The quantitative estimate of drug-likeness (QED) is 0.765. The number of nitrogens with one attached hydrogen (secondary N) is 2. The van der Waals surface area contributed by atoms with Gasteiger partial charge in [0.2, 0.25) is 0 Å². The molecule has 110 valence electrons. The van der Waals surface area contributed by atoms with E-state index in [1.165, 1.54) is 5.56 Å². The topological polar surface area (TPSA) is 41.1 Å². The molecule has 2 aromatic rings. The molecule has 2 N–H and O–H groups in total. The molecule has 0 spiro atoms. The van der Waals surface area contributed by atoms with Gasteiger partial charge >= 0.3 is 6.03 Å². The smallest absolute Gasteiger partial charge is 0.315 e. The second-order valence-electron chi connectivity index (χ2n) is 4.83. The summed E-state index contributed by atoms with van der Waals surface area (Å²) in [6.07, 6.45) is 1.92. The molecule has 3 nitrogen and oxygen atoms in total. The first-order valence-electron chi connectivity index (χ1n) is 7.04. The molecule has 2 aromatic carbocycles. The molecule has 0 radical (unpaired) electrons. The van der Waals surface area contributed by atoms with Crippen molar-refractivity contribution >= 4 is 22.0 Å². The average molecular weight is 347 g/mol. The van der Waals surface area contributed by atoms with E-state index in [0.717, 1.165) is 22.9 Å². The maximum atomic E-state index is 11.7. The third kappa shape index (κ3) is 6.00. The van der Waals surface area contributed by atoms with E-state index in [1.54, 1.807) is 0 Å². The highest BCUT2D eigenvalue weighted by Gasteiger charge is 2.00. The Kier molecular flexibility index (Phi) is 6.28. The number of carbonyl (C=O) groups is 1. The van der Waals surface area contributed by atoms with Crippen LogP contribution in [0.3, 0.4) is 0 Å². The van der Waals surface area contributed by atoms with Crippen LogP contribution in [-0.2, 0) is 13.0 Å². The minimum Gasteiger partial charge on any atom is -0.338 e. The summed E-state index contributed by atoms with van der Waals surface area (Å²) in [5, 5.41) is 5.73. The highest BCUT2D eigenvalue weighted by molar-refractivity contribution is 9.10. The van der Waals surface area contributed by atoms with Gasteiger partial charge in [-0.1, -0.05) is 58.4 Å². The minimum absolute atomic E-state index is 0.119. The molecule has 0 bridgehead atoms. The molecule has 2 amide bonds. The summed E-state index contributed by atoms with van der Waals surface area (Å²) in [6.45, 7) is 1.22. The summed E-state index contributed by atoms with van der Waals surface area (Å²) < 4.78 is 1.04. The van der Waals surface area contributed by atoms with Gasteiger partial charge in [0.05, 0.1) is 0 Å². The van der Waals surface area contributed by atoms with E-state index < -0.39 is 0 Å². The Morgan fingerprint density at radius 2 is 1.62 bits per heavy atom. The summed E-state index contributed by atoms with van der Waals surface area (Å²) in [5.41, 5.74) is 2.38. The van der Waals surface area contributed by atoms with Crippen molar-refractivity contribution in [2.75, 3.05) is 6.54 Å². The summed E-state index contributed by atoms with van der Waals surface area (Å²) in [6, 6.07) is 18.1. The van der Waals surface area contributed by atoms with Crippen molar-refractivity contribution in [2.24, 2.45) is 0 Å². The van der Waals surface area contributed by atoms with Gasteiger partial charge in [0.1, 0.15) is 0 Å². The molecular formula is C17H19BrN2O. The van der Waals surface area contributed by atoms with Gasteiger partial charge in [0.15, 0.2) is 0 Å². The number of hydrogen-bond donors (Lipinski definition) is 2. The van der Waals surface area contributed by atoms with Crippen molar-refractivity contribution in [3.63, 3.8) is 0 Å². The average Bonchev–Trinajstić information content (AvgIpc) is 2.52. The summed E-state index contributed by atoms with van der Waals surface area (Å²) in [7, 11) is 0. The lowest BCUT2D eigenvalue weighted by Crippen LogP contribution is -2.35. The van der Waals surface area contributed by atoms with Gasteiger partial charge in [-0.2, -0.15) is 0 Å². The van der Waals surface area contributed by atoms with E-state index in [4.69, 9.17) is 0 Å². The number of aryl methyl sites for hydroxylation is 1. The van der Waals surface area contributed by atoms with E-state index in [1.807, 2.05) is 42.5 Å². The van der Waals surface area contributed by atoms with Crippen LogP contribution in [0.15, 0.2) is 59.1 Å². The molecule has 0 aliphatic rings.